The minimum absolute atomic E-state index is 0. The Morgan fingerprint density at radius 3 is 2.54 bits per heavy atom. The smallest absolute Gasteiger partial charge is 0.128 e. The van der Waals surface area contributed by atoms with Crippen LogP contribution in [0.15, 0.2) is 18.2 Å². The Balaban J connectivity index is 0.00000144. The minimum atomic E-state index is -0.190. The molecule has 0 aliphatic carbocycles. The van der Waals surface area contributed by atoms with Gasteiger partial charge in [-0.2, -0.15) is 0 Å². The van der Waals surface area contributed by atoms with Gasteiger partial charge in [0.15, 0.2) is 0 Å². The highest BCUT2D eigenvalue weighted by molar-refractivity contribution is 5.85. The second kappa shape index (κ2) is 5.20. The van der Waals surface area contributed by atoms with Crippen LogP contribution >= 0.6 is 12.4 Å². The number of hydrogen-bond donors (Lipinski definition) is 1. The minimum Gasteiger partial charge on any atom is -0.324 e. The van der Waals surface area contributed by atoms with Crippen molar-refractivity contribution < 1.29 is 4.39 Å². The first-order valence-electron chi connectivity index (χ1n) is 4.16. The molecule has 0 aromatic heterocycles. The van der Waals surface area contributed by atoms with Gasteiger partial charge in [0.2, 0.25) is 0 Å². The molecule has 1 unspecified atom stereocenters. The molecule has 3 heteroatoms. The Bertz CT molecular complexity index is 276. The van der Waals surface area contributed by atoms with Crippen molar-refractivity contribution in [3.63, 3.8) is 0 Å². The summed E-state index contributed by atoms with van der Waals surface area (Å²) in [6.45, 7) is 3.81. The first kappa shape index (κ1) is 12.4. The fourth-order valence-corrected chi connectivity index (χ4v) is 1.15. The Kier molecular flexibility index (Phi) is 4.96. The fourth-order valence-electron chi connectivity index (χ4n) is 1.15. The molecule has 0 aliphatic rings. The maximum absolute atomic E-state index is 13.2. The van der Waals surface area contributed by atoms with Gasteiger partial charge in [-0.1, -0.05) is 19.1 Å². The van der Waals surface area contributed by atoms with Gasteiger partial charge >= 0.3 is 0 Å². The second-order valence-electron chi connectivity index (χ2n) is 3.04. The second-order valence-corrected chi connectivity index (χ2v) is 3.04. The monoisotopic (exact) mass is 203 g/mol. The van der Waals surface area contributed by atoms with E-state index in [1.807, 2.05) is 19.9 Å². The third-order valence-electron chi connectivity index (χ3n) is 2.00. The van der Waals surface area contributed by atoms with Crippen LogP contribution in [0.3, 0.4) is 0 Å². The summed E-state index contributed by atoms with van der Waals surface area (Å²) in [5.41, 5.74) is 7.25. The summed E-state index contributed by atoms with van der Waals surface area (Å²) in [5.74, 6) is -0.190. The molecule has 0 bridgehead atoms. The molecule has 1 aromatic rings. The molecule has 0 fully saturated rings. The van der Waals surface area contributed by atoms with Gasteiger partial charge < -0.3 is 5.73 Å². The van der Waals surface area contributed by atoms with E-state index in [1.165, 1.54) is 6.07 Å². The zero-order valence-electron chi connectivity index (χ0n) is 7.88. The van der Waals surface area contributed by atoms with Gasteiger partial charge in [0.1, 0.15) is 5.82 Å². The lowest BCUT2D eigenvalue weighted by Gasteiger charge is -2.10. The van der Waals surface area contributed by atoms with Crippen LogP contribution in [-0.2, 0) is 0 Å². The Morgan fingerprint density at radius 2 is 2.08 bits per heavy atom. The number of hydrogen-bond acceptors (Lipinski definition) is 1. The molecule has 0 saturated carbocycles. The largest absolute Gasteiger partial charge is 0.324 e. The molecule has 0 radical (unpaired) electrons. The van der Waals surface area contributed by atoms with Crippen molar-refractivity contribution in [3.05, 3.63) is 35.1 Å². The maximum Gasteiger partial charge on any atom is 0.128 e. The summed E-state index contributed by atoms with van der Waals surface area (Å²) >= 11 is 0. The van der Waals surface area contributed by atoms with Crippen LogP contribution in [0.4, 0.5) is 4.39 Å². The van der Waals surface area contributed by atoms with Crippen molar-refractivity contribution in [3.8, 4) is 0 Å². The van der Waals surface area contributed by atoms with Gasteiger partial charge in [-0.25, -0.2) is 4.39 Å². The zero-order chi connectivity index (χ0) is 9.14. The predicted molar refractivity (Wildman–Crippen MR) is 55.6 cm³/mol. The van der Waals surface area contributed by atoms with E-state index in [0.29, 0.717) is 5.56 Å². The van der Waals surface area contributed by atoms with E-state index in [4.69, 9.17) is 5.73 Å². The lowest BCUT2D eigenvalue weighted by molar-refractivity contribution is 0.574. The molecule has 0 saturated heterocycles. The van der Waals surface area contributed by atoms with E-state index in [0.717, 1.165) is 12.0 Å². The van der Waals surface area contributed by atoms with Crippen molar-refractivity contribution >= 4 is 12.4 Å². The van der Waals surface area contributed by atoms with E-state index in [2.05, 4.69) is 0 Å². The Labute approximate surface area is 84.5 Å². The molecule has 74 valence electrons. The highest BCUT2D eigenvalue weighted by Gasteiger charge is 2.08. The quantitative estimate of drug-likeness (QED) is 0.786. The van der Waals surface area contributed by atoms with E-state index >= 15 is 0 Å². The van der Waals surface area contributed by atoms with Crippen LogP contribution in [0.1, 0.15) is 30.5 Å². The highest BCUT2D eigenvalue weighted by Crippen LogP contribution is 2.18. The third kappa shape index (κ3) is 2.98. The summed E-state index contributed by atoms with van der Waals surface area (Å²) in [6, 6.07) is 4.99. The molecule has 1 nitrogen and oxygen atoms in total. The van der Waals surface area contributed by atoms with Gasteiger partial charge in [-0.15, -0.1) is 12.4 Å². The lowest BCUT2D eigenvalue weighted by atomic mass is 10.0. The topological polar surface area (TPSA) is 26.0 Å². The normalized spacial score (nSPS) is 12.0. The molecule has 2 N–H and O–H groups in total. The number of aryl methyl sites for hydroxylation is 1. The summed E-state index contributed by atoms with van der Waals surface area (Å²) in [6.07, 6.45) is 0.764. The van der Waals surface area contributed by atoms with Crippen LogP contribution in [0.5, 0.6) is 0 Å². The average molecular weight is 204 g/mol. The number of benzene rings is 1. The SMILES string of the molecule is CCC(N)c1ccc(C)cc1F.Cl. The molecule has 0 heterocycles. The number of halogens is 2. The van der Waals surface area contributed by atoms with Gasteiger partial charge in [-0.05, 0) is 25.0 Å². The van der Waals surface area contributed by atoms with Crippen LogP contribution < -0.4 is 5.73 Å². The fraction of sp³-hybridized carbons (Fsp3) is 0.400. The number of rotatable bonds is 2. The zero-order valence-corrected chi connectivity index (χ0v) is 8.70. The molecule has 13 heavy (non-hydrogen) atoms. The van der Waals surface area contributed by atoms with Crippen molar-refractivity contribution in [1.29, 1.82) is 0 Å². The van der Waals surface area contributed by atoms with Gasteiger partial charge in [0.25, 0.3) is 0 Å². The summed E-state index contributed by atoms with van der Waals surface area (Å²) in [4.78, 5) is 0. The van der Waals surface area contributed by atoms with Crippen molar-refractivity contribution in [2.45, 2.75) is 26.3 Å². The maximum atomic E-state index is 13.2. The van der Waals surface area contributed by atoms with Crippen LogP contribution in [-0.4, -0.2) is 0 Å². The molecular weight excluding hydrogens is 189 g/mol. The summed E-state index contributed by atoms with van der Waals surface area (Å²) in [5, 5.41) is 0. The molecular formula is C10H15ClFN. The molecule has 1 rings (SSSR count). The van der Waals surface area contributed by atoms with Crippen LogP contribution in [0.2, 0.25) is 0 Å². The molecule has 1 atom stereocenters. The van der Waals surface area contributed by atoms with E-state index < -0.39 is 0 Å². The summed E-state index contributed by atoms with van der Waals surface area (Å²) in [7, 11) is 0. The van der Waals surface area contributed by atoms with Crippen molar-refractivity contribution in [1.82, 2.24) is 0 Å². The molecule has 0 aliphatic heterocycles. The van der Waals surface area contributed by atoms with Crippen molar-refractivity contribution in [2.75, 3.05) is 0 Å². The predicted octanol–water partition coefficient (Wildman–Crippen LogP) is 2.97. The van der Waals surface area contributed by atoms with Gasteiger partial charge in [0, 0.05) is 11.6 Å². The van der Waals surface area contributed by atoms with E-state index in [-0.39, 0.29) is 24.3 Å². The van der Waals surface area contributed by atoms with E-state index in [9.17, 15) is 4.39 Å². The van der Waals surface area contributed by atoms with Crippen molar-refractivity contribution in [2.24, 2.45) is 5.73 Å². The molecule has 0 amide bonds. The first-order valence-corrected chi connectivity index (χ1v) is 4.16. The molecule has 0 spiro atoms. The van der Waals surface area contributed by atoms with Crippen LogP contribution in [0, 0.1) is 12.7 Å². The summed E-state index contributed by atoms with van der Waals surface area (Å²) < 4.78 is 13.2. The molecule has 1 aromatic carbocycles. The first-order chi connectivity index (χ1) is 5.65. The van der Waals surface area contributed by atoms with Crippen LogP contribution in [0.25, 0.3) is 0 Å². The lowest BCUT2D eigenvalue weighted by Crippen LogP contribution is -2.10. The Morgan fingerprint density at radius 1 is 1.46 bits per heavy atom. The average Bonchev–Trinajstić information content (AvgIpc) is 2.03. The standard InChI is InChI=1S/C10H14FN.ClH/c1-3-10(12)8-5-4-7(2)6-9(8)11;/h4-6,10H,3,12H2,1-2H3;1H. The number of nitrogens with two attached hydrogens (primary N) is 1. The highest BCUT2D eigenvalue weighted by atomic mass is 35.5. The third-order valence-corrected chi connectivity index (χ3v) is 2.00. The van der Waals surface area contributed by atoms with Gasteiger partial charge in [0.05, 0.1) is 0 Å². The Hall–Kier alpha value is -0.600. The van der Waals surface area contributed by atoms with Gasteiger partial charge in [-0.3, -0.25) is 0 Å². The van der Waals surface area contributed by atoms with E-state index in [1.54, 1.807) is 6.07 Å².